The van der Waals surface area contributed by atoms with Gasteiger partial charge in [0.25, 0.3) is 0 Å². The number of benzene rings is 2. The largest absolute Gasteiger partial charge is 0.493 e. The number of halogens is 3. The molecule has 1 fully saturated rings. The molecule has 1 aliphatic carbocycles. The van der Waals surface area contributed by atoms with E-state index in [0.29, 0.717) is 23.8 Å². The zero-order chi connectivity index (χ0) is 20.8. The Morgan fingerprint density at radius 2 is 1.79 bits per heavy atom. The summed E-state index contributed by atoms with van der Waals surface area (Å²) >= 11 is 0. The maximum Gasteiger partial charge on any atom is 0.166 e. The van der Waals surface area contributed by atoms with Crippen LogP contribution < -0.4 is 4.74 Å². The molecule has 0 atom stereocenters. The first-order chi connectivity index (χ1) is 14.0. The van der Waals surface area contributed by atoms with Gasteiger partial charge in [-0.2, -0.15) is 0 Å². The second-order valence-corrected chi connectivity index (χ2v) is 7.68. The van der Waals surface area contributed by atoms with Gasteiger partial charge >= 0.3 is 0 Å². The smallest absolute Gasteiger partial charge is 0.166 e. The van der Waals surface area contributed by atoms with Crippen molar-refractivity contribution in [2.24, 2.45) is 5.92 Å². The average Bonchev–Trinajstić information content (AvgIpc) is 2.72. The number of aryl methyl sites for hydroxylation is 1. The molecular weight excluding hydrogens is 373 g/mol. The second kappa shape index (κ2) is 9.82. The lowest BCUT2D eigenvalue weighted by Crippen LogP contribution is -2.13. The van der Waals surface area contributed by atoms with Crippen LogP contribution in [0.3, 0.4) is 0 Å². The van der Waals surface area contributed by atoms with Crippen LogP contribution in [0.25, 0.3) is 6.08 Å². The van der Waals surface area contributed by atoms with Crippen LogP contribution >= 0.6 is 0 Å². The lowest BCUT2D eigenvalue weighted by atomic mass is 9.78. The molecule has 4 heteroatoms. The predicted octanol–water partition coefficient (Wildman–Crippen LogP) is 7.35. The Balaban J connectivity index is 1.58. The Bertz CT molecular complexity index is 880. The molecule has 0 bridgehead atoms. The minimum Gasteiger partial charge on any atom is -0.493 e. The summed E-state index contributed by atoms with van der Waals surface area (Å²) in [6, 6.07) is 8.29. The van der Waals surface area contributed by atoms with Crippen molar-refractivity contribution in [3.63, 3.8) is 0 Å². The van der Waals surface area contributed by atoms with E-state index in [2.05, 4.69) is 6.58 Å². The van der Waals surface area contributed by atoms with Crippen LogP contribution in [0, 0.1) is 30.3 Å². The number of rotatable bonds is 7. The first-order valence-corrected chi connectivity index (χ1v) is 10.2. The Labute approximate surface area is 170 Å². The van der Waals surface area contributed by atoms with Crippen molar-refractivity contribution in [2.45, 2.75) is 44.9 Å². The Kier molecular flexibility index (Phi) is 7.18. The molecule has 1 nitrogen and oxygen atoms in total. The normalized spacial score (nSPS) is 19.4. The van der Waals surface area contributed by atoms with E-state index in [4.69, 9.17) is 4.74 Å². The molecule has 0 N–H and O–H groups in total. The fourth-order valence-corrected chi connectivity index (χ4v) is 3.84. The molecule has 0 heterocycles. The predicted molar refractivity (Wildman–Crippen MR) is 112 cm³/mol. The lowest BCUT2D eigenvalue weighted by Gasteiger charge is -2.27. The Hall–Kier alpha value is -2.49. The first-order valence-electron chi connectivity index (χ1n) is 10.2. The number of allylic oxidation sites excluding steroid dienone is 1. The van der Waals surface area contributed by atoms with Crippen molar-refractivity contribution >= 4 is 6.08 Å². The molecular formula is C25H27F3O. The molecule has 29 heavy (non-hydrogen) atoms. The number of ether oxygens (including phenoxy) is 1. The van der Waals surface area contributed by atoms with Gasteiger partial charge in [-0.1, -0.05) is 36.4 Å². The molecule has 3 rings (SSSR count). The van der Waals surface area contributed by atoms with Gasteiger partial charge in [0.05, 0.1) is 6.61 Å². The summed E-state index contributed by atoms with van der Waals surface area (Å²) in [4.78, 5) is 0. The maximum atomic E-state index is 14.5. The van der Waals surface area contributed by atoms with Gasteiger partial charge in [0.15, 0.2) is 11.6 Å². The summed E-state index contributed by atoms with van der Waals surface area (Å²) in [5.41, 5.74) is 1.31. The van der Waals surface area contributed by atoms with Crippen LogP contribution in [0.4, 0.5) is 13.2 Å². The average molecular weight is 400 g/mol. The fourth-order valence-electron chi connectivity index (χ4n) is 3.84. The summed E-state index contributed by atoms with van der Waals surface area (Å²) in [6.45, 7) is 5.68. The molecule has 1 saturated carbocycles. The minimum atomic E-state index is -0.799. The standard InChI is InChI=1S/C25H27F3O/c1-3-4-15-29-21-13-14-22(23(26)16-21)19-10-6-18(7-11-19)8-12-20-9-5-17(2)24(27)25(20)28/h3,5,8-9,12-14,16,18-19H,1,4,6-7,10-11,15H2,2H3/b12-8+. The zero-order valence-corrected chi connectivity index (χ0v) is 16.8. The van der Waals surface area contributed by atoms with Crippen LogP contribution in [-0.2, 0) is 0 Å². The molecule has 2 aromatic rings. The summed E-state index contributed by atoms with van der Waals surface area (Å²) in [5.74, 6) is -0.806. The van der Waals surface area contributed by atoms with E-state index >= 15 is 0 Å². The van der Waals surface area contributed by atoms with Gasteiger partial charge in [0.2, 0.25) is 0 Å². The van der Waals surface area contributed by atoms with Crippen molar-refractivity contribution in [2.75, 3.05) is 6.61 Å². The molecule has 0 spiro atoms. The van der Waals surface area contributed by atoms with Gasteiger partial charge in [-0.25, -0.2) is 13.2 Å². The van der Waals surface area contributed by atoms with Crippen molar-refractivity contribution in [1.29, 1.82) is 0 Å². The molecule has 0 unspecified atom stereocenters. The highest BCUT2D eigenvalue weighted by molar-refractivity contribution is 5.51. The topological polar surface area (TPSA) is 9.23 Å². The van der Waals surface area contributed by atoms with Gasteiger partial charge in [0.1, 0.15) is 11.6 Å². The highest BCUT2D eigenvalue weighted by atomic mass is 19.2. The number of hydrogen-bond acceptors (Lipinski definition) is 1. The summed E-state index contributed by atoms with van der Waals surface area (Å²) in [6.07, 6.45) is 9.64. The van der Waals surface area contributed by atoms with Crippen molar-refractivity contribution in [1.82, 2.24) is 0 Å². The SMILES string of the molecule is C=CCCOc1ccc(C2CCC(/C=C/c3ccc(C)c(F)c3F)CC2)c(F)c1. The molecule has 0 radical (unpaired) electrons. The molecule has 0 aromatic heterocycles. The van der Waals surface area contributed by atoms with Gasteiger partial charge < -0.3 is 4.74 Å². The molecule has 154 valence electrons. The van der Waals surface area contributed by atoms with E-state index in [1.807, 2.05) is 18.2 Å². The Morgan fingerprint density at radius 1 is 1.03 bits per heavy atom. The quantitative estimate of drug-likeness (QED) is 0.349. The maximum absolute atomic E-state index is 14.5. The third kappa shape index (κ3) is 5.31. The van der Waals surface area contributed by atoms with E-state index in [1.165, 1.54) is 6.07 Å². The van der Waals surface area contributed by atoms with Crippen LogP contribution in [0.15, 0.2) is 49.1 Å². The van der Waals surface area contributed by atoms with Crippen LogP contribution in [-0.4, -0.2) is 6.61 Å². The molecule has 0 amide bonds. The van der Waals surface area contributed by atoms with Crippen molar-refractivity contribution in [3.8, 4) is 5.75 Å². The number of hydrogen-bond donors (Lipinski definition) is 0. The van der Waals surface area contributed by atoms with Gasteiger partial charge in [-0.15, -0.1) is 6.58 Å². The summed E-state index contributed by atoms with van der Waals surface area (Å²) in [5, 5.41) is 0. The monoisotopic (exact) mass is 400 g/mol. The van der Waals surface area contributed by atoms with Gasteiger partial charge in [-0.05, 0) is 68.1 Å². The highest BCUT2D eigenvalue weighted by Crippen LogP contribution is 2.38. The Morgan fingerprint density at radius 3 is 2.48 bits per heavy atom. The van der Waals surface area contributed by atoms with Crippen LogP contribution in [0.5, 0.6) is 5.75 Å². The lowest BCUT2D eigenvalue weighted by molar-refractivity contribution is 0.321. The minimum absolute atomic E-state index is 0.176. The zero-order valence-electron chi connectivity index (χ0n) is 16.8. The third-order valence-corrected chi connectivity index (χ3v) is 5.63. The van der Waals surface area contributed by atoms with E-state index in [9.17, 15) is 13.2 Å². The van der Waals surface area contributed by atoms with Crippen molar-refractivity contribution in [3.05, 3.63) is 83.2 Å². The molecule has 1 aliphatic rings. The van der Waals surface area contributed by atoms with E-state index in [1.54, 1.807) is 31.2 Å². The van der Waals surface area contributed by atoms with Crippen LogP contribution in [0.2, 0.25) is 0 Å². The molecule has 0 aliphatic heterocycles. The van der Waals surface area contributed by atoms with Gasteiger partial charge in [-0.3, -0.25) is 0 Å². The third-order valence-electron chi connectivity index (χ3n) is 5.63. The first kappa shape index (κ1) is 21.2. The van der Waals surface area contributed by atoms with E-state index < -0.39 is 11.6 Å². The van der Waals surface area contributed by atoms with E-state index in [0.717, 1.165) is 37.7 Å². The second-order valence-electron chi connectivity index (χ2n) is 7.68. The molecule has 2 aromatic carbocycles. The molecule has 0 saturated heterocycles. The highest BCUT2D eigenvalue weighted by Gasteiger charge is 2.23. The fraction of sp³-hybridized carbons (Fsp3) is 0.360. The summed E-state index contributed by atoms with van der Waals surface area (Å²) < 4.78 is 47.7. The van der Waals surface area contributed by atoms with E-state index in [-0.39, 0.29) is 17.3 Å². The van der Waals surface area contributed by atoms with Crippen LogP contribution in [0.1, 0.15) is 54.7 Å². The van der Waals surface area contributed by atoms with Gasteiger partial charge in [0, 0.05) is 11.6 Å². The van der Waals surface area contributed by atoms with Crippen molar-refractivity contribution < 1.29 is 17.9 Å². The summed E-state index contributed by atoms with van der Waals surface area (Å²) in [7, 11) is 0.